The standard InChI is InChI=1S/C22H23NO4/c1-15-8-10-17(11-9-15)26-12-13-27-22(24)21-16(2)18-6-4-5-7-19(18)23-20(21)14-25-3/h4-11H,12-14H2,1-3H3. The predicted octanol–water partition coefficient (Wildman–Crippen LogP) is 4.23. The number of rotatable bonds is 7. The molecule has 2 aromatic carbocycles. The average Bonchev–Trinajstić information content (AvgIpc) is 2.67. The first-order valence-electron chi connectivity index (χ1n) is 8.84. The van der Waals surface area contributed by atoms with Gasteiger partial charge in [-0.3, -0.25) is 0 Å². The van der Waals surface area contributed by atoms with Crippen molar-refractivity contribution in [1.82, 2.24) is 4.98 Å². The number of hydrogen-bond donors (Lipinski definition) is 0. The van der Waals surface area contributed by atoms with Crippen LogP contribution in [0.4, 0.5) is 0 Å². The summed E-state index contributed by atoms with van der Waals surface area (Å²) >= 11 is 0. The molecule has 27 heavy (non-hydrogen) atoms. The van der Waals surface area contributed by atoms with E-state index in [2.05, 4.69) is 4.98 Å². The highest BCUT2D eigenvalue weighted by Gasteiger charge is 2.20. The van der Waals surface area contributed by atoms with E-state index in [1.54, 1.807) is 7.11 Å². The summed E-state index contributed by atoms with van der Waals surface area (Å²) in [6.45, 7) is 4.61. The summed E-state index contributed by atoms with van der Waals surface area (Å²) in [5.74, 6) is 0.339. The zero-order chi connectivity index (χ0) is 19.2. The van der Waals surface area contributed by atoms with E-state index < -0.39 is 5.97 Å². The predicted molar refractivity (Wildman–Crippen MR) is 104 cm³/mol. The second-order valence-electron chi connectivity index (χ2n) is 6.31. The van der Waals surface area contributed by atoms with Crippen molar-refractivity contribution in [3.05, 3.63) is 70.9 Å². The average molecular weight is 365 g/mol. The van der Waals surface area contributed by atoms with Gasteiger partial charge in [0.15, 0.2) is 0 Å². The van der Waals surface area contributed by atoms with E-state index in [9.17, 15) is 4.79 Å². The minimum absolute atomic E-state index is 0.158. The number of hydrogen-bond acceptors (Lipinski definition) is 5. The highest BCUT2D eigenvalue weighted by molar-refractivity contribution is 5.98. The highest BCUT2D eigenvalue weighted by Crippen LogP contribution is 2.24. The summed E-state index contributed by atoms with van der Waals surface area (Å²) < 4.78 is 16.3. The first-order valence-corrected chi connectivity index (χ1v) is 8.84. The molecule has 0 N–H and O–H groups in total. The molecule has 3 rings (SSSR count). The number of aromatic nitrogens is 1. The molecule has 0 spiro atoms. The van der Waals surface area contributed by atoms with Crippen LogP contribution in [-0.4, -0.2) is 31.3 Å². The number of nitrogens with zero attached hydrogens (tertiary/aromatic N) is 1. The van der Waals surface area contributed by atoms with Crippen LogP contribution in [0.2, 0.25) is 0 Å². The number of aryl methyl sites for hydroxylation is 2. The normalized spacial score (nSPS) is 10.8. The Balaban J connectivity index is 1.71. The second kappa shape index (κ2) is 8.64. The SMILES string of the molecule is COCc1nc2ccccc2c(C)c1C(=O)OCCOc1ccc(C)cc1. The van der Waals surface area contributed by atoms with Gasteiger partial charge in [-0.15, -0.1) is 0 Å². The molecular weight excluding hydrogens is 342 g/mol. The first-order chi connectivity index (χ1) is 13.1. The number of para-hydroxylation sites is 1. The van der Waals surface area contributed by atoms with Gasteiger partial charge in [-0.25, -0.2) is 9.78 Å². The van der Waals surface area contributed by atoms with E-state index in [4.69, 9.17) is 14.2 Å². The van der Waals surface area contributed by atoms with Crippen LogP contribution in [0.3, 0.4) is 0 Å². The number of esters is 1. The first kappa shape index (κ1) is 18.9. The fourth-order valence-corrected chi connectivity index (χ4v) is 2.95. The van der Waals surface area contributed by atoms with Gasteiger partial charge < -0.3 is 14.2 Å². The third-order valence-electron chi connectivity index (χ3n) is 4.32. The lowest BCUT2D eigenvalue weighted by Gasteiger charge is -2.14. The maximum Gasteiger partial charge on any atom is 0.340 e. The highest BCUT2D eigenvalue weighted by atomic mass is 16.6. The van der Waals surface area contributed by atoms with Gasteiger partial charge in [-0.2, -0.15) is 0 Å². The Morgan fingerprint density at radius 2 is 1.74 bits per heavy atom. The molecule has 3 aromatic rings. The van der Waals surface area contributed by atoms with Crippen LogP contribution in [0.5, 0.6) is 5.75 Å². The zero-order valence-corrected chi connectivity index (χ0v) is 15.8. The Kier molecular flexibility index (Phi) is 6.04. The Bertz CT molecular complexity index is 935. The summed E-state index contributed by atoms with van der Waals surface area (Å²) in [6, 6.07) is 15.5. The van der Waals surface area contributed by atoms with Gasteiger partial charge in [0.2, 0.25) is 0 Å². The number of methoxy groups -OCH3 is 1. The minimum Gasteiger partial charge on any atom is -0.490 e. The summed E-state index contributed by atoms with van der Waals surface area (Å²) in [4.78, 5) is 17.3. The van der Waals surface area contributed by atoms with E-state index in [0.29, 0.717) is 11.3 Å². The van der Waals surface area contributed by atoms with Crippen molar-refractivity contribution < 1.29 is 19.0 Å². The number of carbonyl (C=O) groups excluding carboxylic acids is 1. The van der Waals surface area contributed by atoms with Crippen molar-refractivity contribution >= 4 is 16.9 Å². The van der Waals surface area contributed by atoms with Gasteiger partial charge in [-0.05, 0) is 37.6 Å². The van der Waals surface area contributed by atoms with E-state index in [1.165, 1.54) is 5.56 Å². The van der Waals surface area contributed by atoms with E-state index in [-0.39, 0.29) is 19.8 Å². The summed E-state index contributed by atoms with van der Waals surface area (Å²) in [7, 11) is 1.58. The Morgan fingerprint density at radius 3 is 2.48 bits per heavy atom. The fourth-order valence-electron chi connectivity index (χ4n) is 2.95. The summed E-state index contributed by atoms with van der Waals surface area (Å²) in [5, 5.41) is 0.931. The lowest BCUT2D eigenvalue weighted by Crippen LogP contribution is -2.16. The van der Waals surface area contributed by atoms with Crippen molar-refractivity contribution in [2.45, 2.75) is 20.5 Å². The number of carbonyl (C=O) groups is 1. The third-order valence-corrected chi connectivity index (χ3v) is 4.32. The molecule has 0 bridgehead atoms. The Labute approximate surface area is 158 Å². The third kappa shape index (κ3) is 4.44. The van der Waals surface area contributed by atoms with Crippen LogP contribution < -0.4 is 4.74 Å². The molecule has 0 amide bonds. The molecular formula is C22H23NO4. The molecule has 0 fully saturated rings. The van der Waals surface area contributed by atoms with E-state index in [0.717, 1.165) is 22.2 Å². The van der Waals surface area contributed by atoms with E-state index >= 15 is 0 Å². The molecule has 5 heteroatoms. The van der Waals surface area contributed by atoms with Crippen LogP contribution in [0, 0.1) is 13.8 Å². The second-order valence-corrected chi connectivity index (χ2v) is 6.31. The van der Waals surface area contributed by atoms with Crippen LogP contribution >= 0.6 is 0 Å². The smallest absolute Gasteiger partial charge is 0.340 e. The van der Waals surface area contributed by atoms with Gasteiger partial charge >= 0.3 is 5.97 Å². The molecule has 0 aliphatic carbocycles. The molecule has 140 valence electrons. The zero-order valence-electron chi connectivity index (χ0n) is 15.8. The molecule has 0 unspecified atom stereocenters. The van der Waals surface area contributed by atoms with Gasteiger partial charge in [0.05, 0.1) is 23.4 Å². The molecule has 1 heterocycles. The van der Waals surface area contributed by atoms with Crippen molar-refractivity contribution in [2.24, 2.45) is 0 Å². The van der Waals surface area contributed by atoms with Crippen molar-refractivity contribution in [3.63, 3.8) is 0 Å². The number of fused-ring (bicyclic) bond motifs is 1. The number of pyridine rings is 1. The molecule has 0 aliphatic heterocycles. The van der Waals surface area contributed by atoms with Crippen LogP contribution in [0.25, 0.3) is 10.9 Å². The molecule has 1 aromatic heterocycles. The Morgan fingerprint density at radius 1 is 1.00 bits per heavy atom. The van der Waals surface area contributed by atoms with Crippen molar-refractivity contribution in [2.75, 3.05) is 20.3 Å². The Hall–Kier alpha value is -2.92. The molecule has 0 aliphatic rings. The molecule has 0 radical (unpaired) electrons. The van der Waals surface area contributed by atoms with Crippen LogP contribution in [0.15, 0.2) is 48.5 Å². The molecule has 0 atom stereocenters. The quantitative estimate of drug-likeness (QED) is 0.463. The topological polar surface area (TPSA) is 57.7 Å². The van der Waals surface area contributed by atoms with Gasteiger partial charge in [-0.1, -0.05) is 35.9 Å². The molecule has 0 saturated carbocycles. The van der Waals surface area contributed by atoms with E-state index in [1.807, 2.05) is 62.4 Å². The number of benzene rings is 2. The largest absolute Gasteiger partial charge is 0.490 e. The van der Waals surface area contributed by atoms with Crippen molar-refractivity contribution in [3.8, 4) is 5.75 Å². The summed E-state index contributed by atoms with van der Waals surface area (Å²) in [5.41, 5.74) is 3.89. The minimum atomic E-state index is -0.412. The van der Waals surface area contributed by atoms with Gasteiger partial charge in [0.1, 0.15) is 19.0 Å². The van der Waals surface area contributed by atoms with Crippen molar-refractivity contribution in [1.29, 1.82) is 0 Å². The van der Waals surface area contributed by atoms with Crippen LogP contribution in [-0.2, 0) is 16.1 Å². The maximum atomic E-state index is 12.7. The lowest BCUT2D eigenvalue weighted by atomic mass is 10.0. The maximum absolute atomic E-state index is 12.7. The summed E-state index contributed by atoms with van der Waals surface area (Å²) in [6.07, 6.45) is 0. The molecule has 0 saturated heterocycles. The molecule has 5 nitrogen and oxygen atoms in total. The van der Waals surface area contributed by atoms with Gasteiger partial charge in [0.25, 0.3) is 0 Å². The number of ether oxygens (including phenoxy) is 3. The van der Waals surface area contributed by atoms with Gasteiger partial charge in [0, 0.05) is 12.5 Å². The van der Waals surface area contributed by atoms with Crippen LogP contribution in [0.1, 0.15) is 27.2 Å². The monoisotopic (exact) mass is 365 g/mol. The fraction of sp³-hybridized carbons (Fsp3) is 0.273. The lowest BCUT2D eigenvalue weighted by molar-refractivity contribution is 0.0444.